The van der Waals surface area contributed by atoms with E-state index in [0.29, 0.717) is 19.5 Å². The van der Waals surface area contributed by atoms with Crippen LogP contribution in [0.4, 0.5) is 0 Å². The van der Waals surface area contributed by atoms with Crippen LogP contribution in [0.25, 0.3) is 0 Å². The largest absolute Gasteiger partial charge is 0.467 e. The maximum Gasteiger partial charge on any atom is 0.223 e. The molecule has 0 unspecified atom stereocenters. The molecule has 1 aliphatic carbocycles. The molecule has 2 N–H and O–H groups in total. The van der Waals surface area contributed by atoms with Crippen LogP contribution in [0.2, 0.25) is 0 Å². The van der Waals surface area contributed by atoms with Gasteiger partial charge in [0, 0.05) is 13.5 Å². The van der Waals surface area contributed by atoms with Crippen LogP contribution < -0.4 is 5.73 Å². The molecule has 1 aromatic heterocycles. The molecule has 4 heteroatoms. The minimum atomic E-state index is 0.0345. The molecule has 0 atom stereocenters. The molecule has 19 heavy (non-hydrogen) atoms. The molecule has 1 amide bonds. The molecule has 0 saturated heterocycles. The van der Waals surface area contributed by atoms with E-state index in [1.807, 2.05) is 19.2 Å². The van der Waals surface area contributed by atoms with Crippen molar-refractivity contribution in [3.8, 4) is 0 Å². The summed E-state index contributed by atoms with van der Waals surface area (Å²) in [5.74, 6) is 0.991. The molecule has 0 spiro atoms. The van der Waals surface area contributed by atoms with Crippen LogP contribution in [0.1, 0.15) is 44.3 Å². The molecule has 1 saturated carbocycles. The summed E-state index contributed by atoms with van der Waals surface area (Å²) < 4.78 is 5.28. The van der Waals surface area contributed by atoms with Gasteiger partial charge in [0.15, 0.2) is 0 Å². The third kappa shape index (κ3) is 3.60. The van der Waals surface area contributed by atoms with E-state index in [1.54, 1.807) is 11.2 Å². The third-order valence-electron chi connectivity index (χ3n) is 4.27. The number of hydrogen-bond donors (Lipinski definition) is 1. The SMILES string of the molecule is CN(Cc1ccco1)C(=O)CC1(CN)CCCCC1. The lowest BCUT2D eigenvalue weighted by molar-refractivity contribution is -0.133. The minimum Gasteiger partial charge on any atom is -0.467 e. The zero-order valence-corrected chi connectivity index (χ0v) is 11.7. The second-order valence-electron chi connectivity index (χ2n) is 5.77. The number of carbonyl (C=O) groups is 1. The number of nitrogens with two attached hydrogens (primary N) is 1. The zero-order valence-electron chi connectivity index (χ0n) is 11.7. The lowest BCUT2D eigenvalue weighted by Gasteiger charge is -2.36. The molecule has 0 aromatic carbocycles. The van der Waals surface area contributed by atoms with Crippen molar-refractivity contribution < 1.29 is 9.21 Å². The van der Waals surface area contributed by atoms with Gasteiger partial charge in [0.25, 0.3) is 0 Å². The van der Waals surface area contributed by atoms with Gasteiger partial charge in [-0.2, -0.15) is 0 Å². The summed E-state index contributed by atoms with van der Waals surface area (Å²) in [5.41, 5.74) is 5.97. The molecular formula is C15H24N2O2. The first-order valence-electron chi connectivity index (χ1n) is 7.12. The summed E-state index contributed by atoms with van der Waals surface area (Å²) in [7, 11) is 1.83. The standard InChI is InChI=1S/C15H24N2O2/c1-17(11-13-6-5-9-19-13)14(18)10-15(12-16)7-3-2-4-8-15/h5-6,9H,2-4,7-8,10-12,16H2,1H3. The van der Waals surface area contributed by atoms with E-state index >= 15 is 0 Å². The molecule has 4 nitrogen and oxygen atoms in total. The van der Waals surface area contributed by atoms with Crippen LogP contribution in [-0.2, 0) is 11.3 Å². The summed E-state index contributed by atoms with van der Waals surface area (Å²) >= 11 is 0. The second-order valence-corrected chi connectivity index (χ2v) is 5.77. The number of amides is 1. The van der Waals surface area contributed by atoms with E-state index in [4.69, 9.17) is 10.2 Å². The lowest BCUT2D eigenvalue weighted by atomic mass is 9.71. The van der Waals surface area contributed by atoms with Crippen molar-refractivity contribution in [2.24, 2.45) is 11.1 Å². The van der Waals surface area contributed by atoms with Crippen molar-refractivity contribution in [3.63, 3.8) is 0 Å². The summed E-state index contributed by atoms with van der Waals surface area (Å²) in [6, 6.07) is 3.74. The highest BCUT2D eigenvalue weighted by molar-refractivity contribution is 5.76. The van der Waals surface area contributed by atoms with Gasteiger partial charge in [-0.05, 0) is 36.9 Å². The highest BCUT2D eigenvalue weighted by Crippen LogP contribution is 2.38. The van der Waals surface area contributed by atoms with Crippen molar-refractivity contribution in [1.29, 1.82) is 0 Å². The van der Waals surface area contributed by atoms with Gasteiger partial charge in [0.1, 0.15) is 5.76 Å². The normalized spacial score (nSPS) is 18.2. The Hall–Kier alpha value is -1.29. The molecule has 1 aliphatic rings. The third-order valence-corrected chi connectivity index (χ3v) is 4.27. The Morgan fingerprint density at radius 1 is 1.42 bits per heavy atom. The highest BCUT2D eigenvalue weighted by atomic mass is 16.3. The van der Waals surface area contributed by atoms with Gasteiger partial charge >= 0.3 is 0 Å². The Morgan fingerprint density at radius 2 is 2.16 bits per heavy atom. The summed E-state index contributed by atoms with van der Waals surface area (Å²) in [4.78, 5) is 14.1. The Kier molecular flexibility index (Phi) is 4.64. The van der Waals surface area contributed by atoms with Gasteiger partial charge in [0.2, 0.25) is 5.91 Å². The van der Waals surface area contributed by atoms with Crippen LogP contribution in [-0.4, -0.2) is 24.4 Å². The number of hydrogen-bond acceptors (Lipinski definition) is 3. The van der Waals surface area contributed by atoms with Crippen molar-refractivity contribution >= 4 is 5.91 Å². The summed E-state index contributed by atoms with van der Waals surface area (Å²) in [6.07, 6.45) is 8.06. The topological polar surface area (TPSA) is 59.5 Å². The zero-order chi connectivity index (χ0) is 13.7. The van der Waals surface area contributed by atoms with Crippen LogP contribution in [0.15, 0.2) is 22.8 Å². The van der Waals surface area contributed by atoms with Crippen LogP contribution in [0.5, 0.6) is 0 Å². The van der Waals surface area contributed by atoms with Gasteiger partial charge < -0.3 is 15.1 Å². The maximum absolute atomic E-state index is 12.3. The average molecular weight is 264 g/mol. The minimum absolute atomic E-state index is 0.0345. The number of nitrogens with zero attached hydrogens (tertiary/aromatic N) is 1. The molecular weight excluding hydrogens is 240 g/mol. The first-order chi connectivity index (χ1) is 9.15. The lowest BCUT2D eigenvalue weighted by Crippen LogP contribution is -2.39. The molecule has 0 aliphatic heterocycles. The molecule has 0 radical (unpaired) electrons. The van der Waals surface area contributed by atoms with Gasteiger partial charge in [-0.1, -0.05) is 19.3 Å². The fraction of sp³-hybridized carbons (Fsp3) is 0.667. The Balaban J connectivity index is 1.91. The quantitative estimate of drug-likeness (QED) is 0.889. The maximum atomic E-state index is 12.3. The molecule has 106 valence electrons. The molecule has 1 fully saturated rings. The van der Waals surface area contributed by atoms with Crippen molar-refractivity contribution in [3.05, 3.63) is 24.2 Å². The smallest absolute Gasteiger partial charge is 0.223 e. The predicted octanol–water partition coefficient (Wildman–Crippen LogP) is 2.54. The molecule has 0 bridgehead atoms. The molecule has 1 heterocycles. The van der Waals surface area contributed by atoms with Gasteiger partial charge in [0.05, 0.1) is 12.8 Å². The summed E-state index contributed by atoms with van der Waals surface area (Å²) in [6.45, 7) is 1.15. The van der Waals surface area contributed by atoms with Crippen molar-refractivity contribution in [2.75, 3.05) is 13.6 Å². The Bertz CT molecular complexity index is 394. The monoisotopic (exact) mass is 264 g/mol. The van der Waals surface area contributed by atoms with Crippen molar-refractivity contribution in [2.45, 2.75) is 45.1 Å². The predicted molar refractivity (Wildman–Crippen MR) is 74.4 cm³/mol. The van der Waals surface area contributed by atoms with E-state index in [0.717, 1.165) is 18.6 Å². The fourth-order valence-electron chi connectivity index (χ4n) is 2.94. The molecule has 1 aromatic rings. The first-order valence-corrected chi connectivity index (χ1v) is 7.12. The molecule has 2 rings (SSSR count). The van der Waals surface area contributed by atoms with Crippen LogP contribution >= 0.6 is 0 Å². The van der Waals surface area contributed by atoms with Gasteiger partial charge in [-0.25, -0.2) is 0 Å². The van der Waals surface area contributed by atoms with E-state index in [2.05, 4.69) is 0 Å². The van der Waals surface area contributed by atoms with E-state index < -0.39 is 0 Å². The fourth-order valence-corrected chi connectivity index (χ4v) is 2.94. The van der Waals surface area contributed by atoms with Gasteiger partial charge in [-0.3, -0.25) is 4.79 Å². The Morgan fingerprint density at radius 3 is 2.74 bits per heavy atom. The van der Waals surface area contributed by atoms with Crippen LogP contribution in [0, 0.1) is 5.41 Å². The first kappa shape index (κ1) is 14.1. The highest BCUT2D eigenvalue weighted by Gasteiger charge is 2.33. The van der Waals surface area contributed by atoms with E-state index in [1.165, 1.54) is 19.3 Å². The van der Waals surface area contributed by atoms with Gasteiger partial charge in [-0.15, -0.1) is 0 Å². The van der Waals surface area contributed by atoms with Crippen molar-refractivity contribution in [1.82, 2.24) is 4.90 Å². The number of furan rings is 1. The average Bonchev–Trinajstić information content (AvgIpc) is 2.92. The second kappa shape index (κ2) is 6.24. The van der Waals surface area contributed by atoms with E-state index in [-0.39, 0.29) is 11.3 Å². The summed E-state index contributed by atoms with van der Waals surface area (Å²) in [5, 5.41) is 0. The van der Waals surface area contributed by atoms with Crippen LogP contribution in [0.3, 0.4) is 0 Å². The Labute approximate surface area is 114 Å². The number of carbonyl (C=O) groups excluding carboxylic acids is 1. The van der Waals surface area contributed by atoms with E-state index in [9.17, 15) is 4.79 Å². The number of rotatable bonds is 5.